The molecule has 1 aromatic carbocycles. The summed E-state index contributed by atoms with van der Waals surface area (Å²) in [6, 6.07) is 9.58. The van der Waals surface area contributed by atoms with Crippen LogP contribution in [0, 0.1) is 0 Å². The highest BCUT2D eigenvalue weighted by Gasteiger charge is 2.15. The normalized spacial score (nSPS) is 13.8. The molecule has 7 heteroatoms. The van der Waals surface area contributed by atoms with Crippen LogP contribution in [0.25, 0.3) is 0 Å². The number of nitrogens with zero attached hydrogens (tertiary/aromatic N) is 3. The lowest BCUT2D eigenvalue weighted by molar-refractivity contribution is -0.118. The zero-order valence-electron chi connectivity index (χ0n) is 13.6. The van der Waals surface area contributed by atoms with Gasteiger partial charge in [0.2, 0.25) is 5.91 Å². The SMILES string of the molecule is O=C(CSc1nnc2n1CCCCC2)NCCOc1ccccc1. The molecule has 3 rings (SSSR count). The molecule has 0 spiro atoms. The Kier molecular flexibility index (Phi) is 6.12. The van der Waals surface area contributed by atoms with Crippen LogP contribution in [-0.4, -0.2) is 39.6 Å². The van der Waals surface area contributed by atoms with Crippen LogP contribution < -0.4 is 10.1 Å². The maximum absolute atomic E-state index is 11.9. The number of nitrogens with one attached hydrogen (secondary N) is 1. The molecule has 1 N–H and O–H groups in total. The highest BCUT2D eigenvalue weighted by molar-refractivity contribution is 7.99. The van der Waals surface area contributed by atoms with Gasteiger partial charge in [-0.15, -0.1) is 10.2 Å². The maximum atomic E-state index is 11.9. The van der Waals surface area contributed by atoms with E-state index in [2.05, 4.69) is 20.1 Å². The van der Waals surface area contributed by atoms with E-state index in [-0.39, 0.29) is 5.91 Å². The van der Waals surface area contributed by atoms with Gasteiger partial charge in [0.25, 0.3) is 0 Å². The summed E-state index contributed by atoms with van der Waals surface area (Å²) in [4.78, 5) is 11.9. The molecular formula is C17H22N4O2S. The third kappa shape index (κ3) is 4.74. The molecule has 0 atom stereocenters. The summed E-state index contributed by atoms with van der Waals surface area (Å²) < 4.78 is 7.70. The second-order valence-electron chi connectivity index (χ2n) is 5.66. The van der Waals surface area contributed by atoms with Crippen LogP contribution in [0.3, 0.4) is 0 Å². The number of aryl methyl sites for hydroxylation is 1. The van der Waals surface area contributed by atoms with Gasteiger partial charge in [-0.25, -0.2) is 0 Å². The van der Waals surface area contributed by atoms with E-state index in [1.54, 1.807) is 0 Å². The van der Waals surface area contributed by atoms with E-state index in [4.69, 9.17) is 4.74 Å². The van der Waals surface area contributed by atoms with Gasteiger partial charge in [0.15, 0.2) is 5.16 Å². The van der Waals surface area contributed by atoms with Crippen molar-refractivity contribution in [3.8, 4) is 5.75 Å². The molecule has 0 bridgehead atoms. The number of carbonyl (C=O) groups is 1. The van der Waals surface area contributed by atoms with Crippen molar-refractivity contribution in [3.05, 3.63) is 36.2 Å². The van der Waals surface area contributed by atoms with Crippen LogP contribution >= 0.6 is 11.8 Å². The Labute approximate surface area is 146 Å². The van der Waals surface area contributed by atoms with Crippen LogP contribution in [0.2, 0.25) is 0 Å². The van der Waals surface area contributed by atoms with Gasteiger partial charge >= 0.3 is 0 Å². The maximum Gasteiger partial charge on any atom is 0.230 e. The molecule has 0 saturated carbocycles. The lowest BCUT2D eigenvalue weighted by Crippen LogP contribution is -2.29. The van der Waals surface area contributed by atoms with Crippen LogP contribution in [0.15, 0.2) is 35.5 Å². The Balaban J connectivity index is 1.37. The fourth-order valence-corrected chi connectivity index (χ4v) is 3.44. The standard InChI is InChI=1S/C17H22N4O2S/c22-16(18-10-12-23-14-7-3-1-4-8-14)13-24-17-20-19-15-9-5-2-6-11-21(15)17/h1,3-4,7-8H,2,5-6,9-13H2,(H,18,22). The molecule has 1 aromatic heterocycles. The number of benzene rings is 1. The van der Waals surface area contributed by atoms with E-state index in [1.807, 2.05) is 30.3 Å². The summed E-state index contributed by atoms with van der Waals surface area (Å²) in [5, 5.41) is 12.2. The molecule has 2 heterocycles. The first-order valence-electron chi connectivity index (χ1n) is 8.32. The number of amides is 1. The Morgan fingerprint density at radius 2 is 2.08 bits per heavy atom. The van der Waals surface area contributed by atoms with Crippen molar-refractivity contribution >= 4 is 17.7 Å². The highest BCUT2D eigenvalue weighted by Crippen LogP contribution is 2.21. The van der Waals surface area contributed by atoms with Gasteiger partial charge in [-0.05, 0) is 25.0 Å². The molecule has 0 radical (unpaired) electrons. The molecule has 0 aliphatic carbocycles. The van der Waals surface area contributed by atoms with Gasteiger partial charge in [-0.3, -0.25) is 4.79 Å². The quantitative estimate of drug-likeness (QED) is 0.615. The molecule has 6 nitrogen and oxygen atoms in total. The molecule has 1 amide bonds. The third-order valence-electron chi connectivity index (χ3n) is 3.84. The zero-order chi connectivity index (χ0) is 16.6. The average molecular weight is 346 g/mol. The molecule has 128 valence electrons. The molecular weight excluding hydrogens is 324 g/mol. The van der Waals surface area contributed by atoms with Crippen LogP contribution in [0.4, 0.5) is 0 Å². The minimum atomic E-state index is -0.0115. The first-order chi connectivity index (χ1) is 11.8. The van der Waals surface area contributed by atoms with Crippen LogP contribution in [0.1, 0.15) is 25.1 Å². The lowest BCUT2D eigenvalue weighted by Gasteiger charge is -2.08. The van der Waals surface area contributed by atoms with Crippen molar-refractivity contribution in [1.29, 1.82) is 0 Å². The first-order valence-corrected chi connectivity index (χ1v) is 9.31. The van der Waals surface area contributed by atoms with E-state index in [9.17, 15) is 4.79 Å². The van der Waals surface area contributed by atoms with Crippen molar-refractivity contribution in [3.63, 3.8) is 0 Å². The smallest absolute Gasteiger partial charge is 0.230 e. The van der Waals surface area contributed by atoms with E-state index >= 15 is 0 Å². The first kappa shape index (κ1) is 16.8. The summed E-state index contributed by atoms with van der Waals surface area (Å²) in [7, 11) is 0. The van der Waals surface area contributed by atoms with Crippen molar-refractivity contribution in [2.75, 3.05) is 18.9 Å². The Morgan fingerprint density at radius 1 is 1.21 bits per heavy atom. The topological polar surface area (TPSA) is 69.0 Å². The van der Waals surface area contributed by atoms with Crippen molar-refractivity contribution in [2.24, 2.45) is 0 Å². The third-order valence-corrected chi connectivity index (χ3v) is 4.81. The van der Waals surface area contributed by atoms with Crippen molar-refractivity contribution in [1.82, 2.24) is 20.1 Å². The van der Waals surface area contributed by atoms with Gasteiger partial charge < -0.3 is 14.6 Å². The fourth-order valence-electron chi connectivity index (χ4n) is 2.62. The number of aromatic nitrogens is 3. The second kappa shape index (κ2) is 8.73. The summed E-state index contributed by atoms with van der Waals surface area (Å²) in [5.74, 6) is 2.20. The van der Waals surface area contributed by atoms with E-state index < -0.39 is 0 Å². The number of thioether (sulfide) groups is 1. The number of fused-ring (bicyclic) bond motifs is 1. The Hall–Kier alpha value is -2.02. The number of carbonyl (C=O) groups excluding carboxylic acids is 1. The van der Waals surface area contributed by atoms with Gasteiger partial charge in [0, 0.05) is 13.0 Å². The van der Waals surface area contributed by atoms with Crippen LogP contribution in [-0.2, 0) is 17.8 Å². The average Bonchev–Trinajstić information content (AvgIpc) is 2.84. The van der Waals surface area contributed by atoms with E-state index in [0.29, 0.717) is 18.9 Å². The van der Waals surface area contributed by atoms with Crippen molar-refractivity contribution < 1.29 is 9.53 Å². The minimum absolute atomic E-state index is 0.0115. The Bertz CT molecular complexity index is 660. The molecule has 0 unspecified atom stereocenters. The molecule has 2 aromatic rings. The molecule has 0 fully saturated rings. The molecule has 0 saturated heterocycles. The molecule has 24 heavy (non-hydrogen) atoms. The number of rotatable bonds is 7. The fraction of sp³-hybridized carbons (Fsp3) is 0.471. The van der Waals surface area contributed by atoms with Crippen molar-refractivity contribution in [2.45, 2.75) is 37.4 Å². The summed E-state index contributed by atoms with van der Waals surface area (Å²) in [6.07, 6.45) is 4.54. The predicted octanol–water partition coefficient (Wildman–Crippen LogP) is 2.29. The summed E-state index contributed by atoms with van der Waals surface area (Å²) in [5.41, 5.74) is 0. The van der Waals surface area contributed by atoms with Gasteiger partial charge in [0.05, 0.1) is 12.3 Å². The molecule has 1 aliphatic heterocycles. The summed E-state index contributed by atoms with van der Waals surface area (Å²) in [6.45, 7) is 1.91. The number of hydrogen-bond donors (Lipinski definition) is 1. The number of para-hydroxylation sites is 1. The lowest BCUT2D eigenvalue weighted by atomic mass is 10.2. The summed E-state index contributed by atoms with van der Waals surface area (Å²) >= 11 is 1.45. The van der Waals surface area contributed by atoms with Gasteiger partial charge in [-0.2, -0.15) is 0 Å². The Morgan fingerprint density at radius 3 is 2.96 bits per heavy atom. The van der Waals surface area contributed by atoms with E-state index in [0.717, 1.165) is 36.1 Å². The highest BCUT2D eigenvalue weighted by atomic mass is 32.2. The van der Waals surface area contributed by atoms with Crippen LogP contribution in [0.5, 0.6) is 5.75 Å². The zero-order valence-corrected chi connectivity index (χ0v) is 14.4. The van der Waals surface area contributed by atoms with Gasteiger partial charge in [0.1, 0.15) is 18.2 Å². The second-order valence-corrected chi connectivity index (χ2v) is 6.60. The number of ether oxygens (including phenoxy) is 1. The van der Waals surface area contributed by atoms with E-state index in [1.165, 1.54) is 24.6 Å². The minimum Gasteiger partial charge on any atom is -0.492 e. The monoisotopic (exact) mass is 346 g/mol. The number of hydrogen-bond acceptors (Lipinski definition) is 5. The largest absolute Gasteiger partial charge is 0.492 e. The van der Waals surface area contributed by atoms with Gasteiger partial charge in [-0.1, -0.05) is 36.4 Å². The molecule has 1 aliphatic rings. The predicted molar refractivity (Wildman–Crippen MR) is 93.2 cm³/mol.